The fourth-order valence-corrected chi connectivity index (χ4v) is 3.18. The van der Waals surface area contributed by atoms with Crippen LogP contribution in [0.2, 0.25) is 0 Å². The maximum Gasteiger partial charge on any atom is 0.0488 e. The van der Waals surface area contributed by atoms with Crippen LogP contribution in [0, 0.1) is 10.4 Å². The maximum absolute atomic E-state index is 4.29. The highest BCUT2D eigenvalue weighted by atomic mass is 14.9. The zero-order chi connectivity index (χ0) is 20.6. The van der Waals surface area contributed by atoms with E-state index in [0.717, 1.165) is 38.8 Å². The highest BCUT2D eigenvalue weighted by Gasteiger charge is 2.08. The average Bonchev–Trinajstić information content (AvgIpc) is 3.16. The first-order valence-corrected chi connectivity index (χ1v) is 9.86. The Kier molecular flexibility index (Phi) is 8.61. The van der Waals surface area contributed by atoms with Gasteiger partial charge in [-0.15, -0.1) is 0 Å². The number of aromatic amines is 1. The Labute approximate surface area is 163 Å². The van der Waals surface area contributed by atoms with Crippen LogP contribution in [-0.2, 0) is 7.05 Å². The highest BCUT2D eigenvalue weighted by Crippen LogP contribution is 2.16. The van der Waals surface area contributed by atoms with Crippen LogP contribution >= 0.6 is 0 Å². The second kappa shape index (κ2) is 10.4. The molecule has 0 aliphatic heterocycles. The van der Waals surface area contributed by atoms with Crippen LogP contribution in [0.1, 0.15) is 52.3 Å². The molecule has 0 aliphatic rings. The Morgan fingerprint density at radius 2 is 1.67 bits per heavy atom. The zero-order valence-corrected chi connectivity index (χ0v) is 17.8. The summed E-state index contributed by atoms with van der Waals surface area (Å²) in [6.45, 7) is 22.6. The van der Waals surface area contributed by atoms with Crippen molar-refractivity contribution in [2.24, 2.45) is 7.05 Å². The summed E-state index contributed by atoms with van der Waals surface area (Å²) in [5.41, 5.74) is 3.31. The number of hydrogen-bond acceptors (Lipinski definition) is 0. The van der Waals surface area contributed by atoms with Crippen LogP contribution in [0.15, 0.2) is 36.9 Å². The smallest absolute Gasteiger partial charge is 0.0488 e. The third-order valence-electron chi connectivity index (χ3n) is 4.35. The van der Waals surface area contributed by atoms with E-state index < -0.39 is 0 Å². The molecule has 2 nitrogen and oxygen atoms in total. The van der Waals surface area contributed by atoms with Crippen LogP contribution in [0.5, 0.6) is 0 Å². The van der Waals surface area contributed by atoms with E-state index in [1.165, 1.54) is 10.9 Å². The van der Waals surface area contributed by atoms with Gasteiger partial charge in [0.1, 0.15) is 0 Å². The SMILES string of the molecule is C=Cc1c(/C=C\CC)[nH]c(=C)/c1=c1\c(=C)n(C)c2ccccc12.CC.CC. The van der Waals surface area contributed by atoms with Gasteiger partial charge in [0.2, 0.25) is 0 Å². The lowest BCUT2D eigenvalue weighted by Crippen LogP contribution is -2.12. The third-order valence-corrected chi connectivity index (χ3v) is 4.35. The maximum atomic E-state index is 4.29. The van der Waals surface area contributed by atoms with Gasteiger partial charge in [-0.25, -0.2) is 0 Å². The van der Waals surface area contributed by atoms with Crippen molar-refractivity contribution in [2.45, 2.75) is 41.0 Å². The fraction of sp³-hybridized carbons (Fsp3) is 0.280. The van der Waals surface area contributed by atoms with E-state index in [9.17, 15) is 0 Å². The van der Waals surface area contributed by atoms with Crippen molar-refractivity contribution in [1.82, 2.24) is 9.55 Å². The molecule has 27 heavy (non-hydrogen) atoms. The van der Waals surface area contributed by atoms with Gasteiger partial charge < -0.3 is 9.55 Å². The molecule has 0 spiro atoms. The summed E-state index contributed by atoms with van der Waals surface area (Å²) in [7, 11) is 2.05. The van der Waals surface area contributed by atoms with Crippen LogP contribution in [0.3, 0.4) is 0 Å². The summed E-state index contributed by atoms with van der Waals surface area (Å²) in [5.74, 6) is 0. The van der Waals surface area contributed by atoms with E-state index >= 15 is 0 Å². The lowest BCUT2D eigenvalue weighted by molar-refractivity contribution is 0.927. The predicted molar refractivity (Wildman–Crippen MR) is 124 cm³/mol. The third kappa shape index (κ3) is 4.16. The number of nitrogens with zero attached hydrogens (tertiary/aromatic N) is 1. The Morgan fingerprint density at radius 3 is 2.26 bits per heavy atom. The van der Waals surface area contributed by atoms with Crippen molar-refractivity contribution < 1.29 is 0 Å². The molecule has 2 aromatic heterocycles. The van der Waals surface area contributed by atoms with Gasteiger partial charge in [0, 0.05) is 50.3 Å². The standard InChI is InChI=1S/C21H22N2.2C2H6/c1-6-8-12-18-16(7-2)20(14(3)22-18)21-15(4)23(5)19-13-10-9-11-17(19)21;2*1-2/h7-13,22H,2-4,6H2,1,5H3;2*1-2H3/b12-8-,21-20-;;. The Morgan fingerprint density at radius 1 is 1.04 bits per heavy atom. The van der Waals surface area contributed by atoms with Gasteiger partial charge in [-0.3, -0.25) is 0 Å². The molecule has 3 rings (SSSR count). The second-order valence-corrected chi connectivity index (χ2v) is 5.72. The minimum atomic E-state index is 0.900. The molecule has 1 N–H and O–H groups in total. The molecule has 0 saturated carbocycles. The van der Waals surface area contributed by atoms with Crippen LogP contribution in [0.4, 0.5) is 0 Å². The molecule has 0 saturated heterocycles. The Bertz CT molecular complexity index is 1110. The molecule has 0 radical (unpaired) electrons. The summed E-state index contributed by atoms with van der Waals surface area (Å²) in [6.07, 6.45) is 7.13. The number of nitrogens with one attached hydrogen (secondary N) is 1. The monoisotopic (exact) mass is 362 g/mol. The van der Waals surface area contributed by atoms with Crippen molar-refractivity contribution >= 4 is 36.2 Å². The number of para-hydroxylation sites is 1. The lowest BCUT2D eigenvalue weighted by Gasteiger charge is -1.93. The largest absolute Gasteiger partial charge is 0.355 e. The number of rotatable bonds is 3. The summed E-state index contributed by atoms with van der Waals surface area (Å²) in [6, 6.07) is 8.37. The summed E-state index contributed by atoms with van der Waals surface area (Å²) >= 11 is 0. The number of hydrogen-bond donors (Lipinski definition) is 1. The molecule has 144 valence electrons. The molecule has 2 heteroatoms. The van der Waals surface area contributed by atoms with Gasteiger partial charge in [0.05, 0.1) is 0 Å². The van der Waals surface area contributed by atoms with E-state index in [-0.39, 0.29) is 0 Å². The Hall–Kier alpha value is -2.74. The molecule has 2 heterocycles. The van der Waals surface area contributed by atoms with E-state index in [4.69, 9.17) is 0 Å². The minimum Gasteiger partial charge on any atom is -0.355 e. The number of H-pyrrole nitrogens is 1. The topological polar surface area (TPSA) is 20.7 Å². The highest BCUT2D eigenvalue weighted by molar-refractivity contribution is 5.81. The van der Waals surface area contributed by atoms with Gasteiger partial charge >= 0.3 is 0 Å². The molecule has 0 atom stereocenters. The van der Waals surface area contributed by atoms with Crippen LogP contribution < -0.4 is 10.7 Å². The van der Waals surface area contributed by atoms with E-state index in [1.54, 1.807) is 0 Å². The van der Waals surface area contributed by atoms with E-state index in [1.807, 2.05) is 33.8 Å². The summed E-state index contributed by atoms with van der Waals surface area (Å²) in [5, 5.41) is 5.31. The molecule has 0 bridgehead atoms. The number of allylic oxidation sites excluding steroid dienone is 1. The minimum absolute atomic E-state index is 0.900. The van der Waals surface area contributed by atoms with Crippen molar-refractivity contribution in [3.05, 3.63) is 69.3 Å². The van der Waals surface area contributed by atoms with Gasteiger partial charge in [0.25, 0.3) is 0 Å². The van der Waals surface area contributed by atoms with Crippen molar-refractivity contribution in [1.29, 1.82) is 0 Å². The molecular weight excluding hydrogens is 328 g/mol. The van der Waals surface area contributed by atoms with Crippen molar-refractivity contribution in [3.63, 3.8) is 0 Å². The molecule has 3 aromatic rings. The van der Waals surface area contributed by atoms with Crippen LogP contribution in [0.25, 0.3) is 36.2 Å². The normalized spacial score (nSPS) is 11.6. The predicted octanol–water partition coefficient (Wildman–Crippen LogP) is 5.73. The average molecular weight is 363 g/mol. The first-order chi connectivity index (χ1) is 13.1. The molecule has 0 fully saturated rings. The van der Waals surface area contributed by atoms with Gasteiger partial charge in [-0.1, -0.05) is 84.7 Å². The van der Waals surface area contributed by atoms with E-state index in [2.05, 4.69) is 79.7 Å². The number of aromatic nitrogens is 2. The molecule has 0 amide bonds. The fourth-order valence-electron chi connectivity index (χ4n) is 3.18. The lowest BCUT2D eigenvalue weighted by atomic mass is 10.1. The molecule has 0 unspecified atom stereocenters. The van der Waals surface area contributed by atoms with Crippen molar-refractivity contribution in [2.75, 3.05) is 0 Å². The van der Waals surface area contributed by atoms with Crippen LogP contribution in [-0.4, -0.2) is 9.55 Å². The quantitative estimate of drug-likeness (QED) is 0.614. The Balaban J connectivity index is 0.000000855. The van der Waals surface area contributed by atoms with Gasteiger partial charge in [-0.05, 0) is 18.6 Å². The molecular formula is C25H34N2. The molecule has 0 aliphatic carbocycles. The number of aryl methyl sites for hydroxylation is 1. The van der Waals surface area contributed by atoms with Crippen molar-refractivity contribution in [3.8, 4) is 0 Å². The number of benzene rings is 1. The second-order valence-electron chi connectivity index (χ2n) is 5.72. The molecule has 1 aromatic carbocycles. The van der Waals surface area contributed by atoms with E-state index in [0.29, 0.717) is 0 Å². The summed E-state index contributed by atoms with van der Waals surface area (Å²) in [4.78, 5) is 3.39. The first kappa shape index (κ1) is 22.3. The summed E-state index contributed by atoms with van der Waals surface area (Å²) < 4.78 is 2.13. The first-order valence-electron chi connectivity index (χ1n) is 9.86. The number of fused-ring (bicyclic) bond motifs is 1. The zero-order valence-electron chi connectivity index (χ0n) is 17.8. The van der Waals surface area contributed by atoms with Gasteiger partial charge in [0.15, 0.2) is 0 Å². The van der Waals surface area contributed by atoms with Gasteiger partial charge in [-0.2, -0.15) is 0 Å².